The Morgan fingerprint density at radius 2 is 2.17 bits per heavy atom. The Hall–Kier alpha value is -1.35. The molecule has 2 rings (SSSR count). The number of nitrogens with zero attached hydrogens (tertiary/aromatic N) is 1. The van der Waals surface area contributed by atoms with Gasteiger partial charge in [0.15, 0.2) is 5.78 Å². The number of para-hydroxylation sites is 1. The van der Waals surface area contributed by atoms with Crippen molar-refractivity contribution in [3.63, 3.8) is 0 Å². The third kappa shape index (κ3) is 1.19. The predicted molar refractivity (Wildman–Crippen MR) is 45.2 cm³/mol. The molecule has 1 radical (unpaired) electrons. The molecule has 0 unspecified atom stereocenters. The average Bonchev–Trinajstić information content (AvgIpc) is 2.29. The SMILES string of the molecule is O=C1CCN[N]c2ccccc21. The monoisotopic (exact) mass is 161 g/mol. The number of fused-ring (bicyclic) bond motifs is 1. The van der Waals surface area contributed by atoms with E-state index in [1.54, 1.807) is 0 Å². The lowest BCUT2D eigenvalue weighted by molar-refractivity contribution is 0.0986. The lowest BCUT2D eigenvalue weighted by Gasteiger charge is -2.01. The van der Waals surface area contributed by atoms with E-state index in [0.717, 1.165) is 11.3 Å². The first-order valence-electron chi connectivity index (χ1n) is 3.94. The maximum Gasteiger partial charge on any atom is 0.166 e. The molecule has 0 bridgehead atoms. The van der Waals surface area contributed by atoms with Gasteiger partial charge in [-0.05, 0) is 12.1 Å². The molecule has 0 spiro atoms. The second kappa shape index (κ2) is 2.95. The van der Waals surface area contributed by atoms with Crippen LogP contribution in [0.3, 0.4) is 0 Å². The van der Waals surface area contributed by atoms with E-state index in [-0.39, 0.29) is 5.78 Å². The van der Waals surface area contributed by atoms with Crippen LogP contribution in [-0.2, 0) is 0 Å². The van der Waals surface area contributed by atoms with Crippen molar-refractivity contribution in [2.45, 2.75) is 6.42 Å². The number of rotatable bonds is 0. The first-order valence-corrected chi connectivity index (χ1v) is 3.94. The van der Waals surface area contributed by atoms with Crippen molar-refractivity contribution in [2.75, 3.05) is 6.54 Å². The average molecular weight is 161 g/mol. The highest BCUT2D eigenvalue weighted by Gasteiger charge is 2.14. The number of hydrogen-bond donors (Lipinski definition) is 1. The first kappa shape index (κ1) is 7.31. The second-order valence-corrected chi connectivity index (χ2v) is 2.71. The summed E-state index contributed by atoms with van der Waals surface area (Å²) in [6.07, 6.45) is 0.528. The molecule has 12 heavy (non-hydrogen) atoms. The minimum Gasteiger partial charge on any atom is -0.294 e. The summed E-state index contributed by atoms with van der Waals surface area (Å²) in [6.45, 7) is 0.632. The van der Waals surface area contributed by atoms with Crippen molar-refractivity contribution in [1.29, 1.82) is 0 Å². The van der Waals surface area contributed by atoms with Crippen LogP contribution >= 0.6 is 0 Å². The van der Waals surface area contributed by atoms with Crippen LogP contribution in [0.1, 0.15) is 16.8 Å². The second-order valence-electron chi connectivity index (χ2n) is 2.71. The summed E-state index contributed by atoms with van der Waals surface area (Å²) in [7, 11) is 0. The first-order chi connectivity index (χ1) is 5.88. The summed E-state index contributed by atoms with van der Waals surface area (Å²) in [5.41, 5.74) is 8.38. The smallest absolute Gasteiger partial charge is 0.166 e. The summed E-state index contributed by atoms with van der Waals surface area (Å²) >= 11 is 0. The zero-order valence-corrected chi connectivity index (χ0v) is 6.58. The number of Topliss-reactive ketones (excluding diaryl/α,β-unsaturated/α-hetero) is 1. The van der Waals surface area contributed by atoms with Gasteiger partial charge in [0.1, 0.15) is 0 Å². The molecule has 61 valence electrons. The molecular formula is C9H9N2O. The van der Waals surface area contributed by atoms with Gasteiger partial charge in [0.05, 0.1) is 5.69 Å². The molecule has 0 saturated heterocycles. The fourth-order valence-electron chi connectivity index (χ4n) is 1.25. The van der Waals surface area contributed by atoms with E-state index < -0.39 is 0 Å². The maximum absolute atomic E-state index is 11.4. The summed E-state index contributed by atoms with van der Waals surface area (Å²) in [4.78, 5) is 11.4. The van der Waals surface area contributed by atoms with E-state index in [4.69, 9.17) is 0 Å². The van der Waals surface area contributed by atoms with Crippen molar-refractivity contribution in [3.05, 3.63) is 29.8 Å². The molecule has 0 aromatic heterocycles. The van der Waals surface area contributed by atoms with Crippen molar-refractivity contribution in [2.24, 2.45) is 0 Å². The van der Waals surface area contributed by atoms with Gasteiger partial charge in [0.2, 0.25) is 0 Å². The van der Waals surface area contributed by atoms with Crippen LogP contribution in [0.25, 0.3) is 0 Å². The van der Waals surface area contributed by atoms with E-state index in [1.807, 2.05) is 24.3 Å². The van der Waals surface area contributed by atoms with Gasteiger partial charge in [0, 0.05) is 18.5 Å². The molecular weight excluding hydrogens is 152 g/mol. The van der Waals surface area contributed by atoms with Gasteiger partial charge in [-0.2, -0.15) is 0 Å². The van der Waals surface area contributed by atoms with Crippen molar-refractivity contribution in [3.8, 4) is 0 Å². The van der Waals surface area contributed by atoms with Crippen LogP contribution in [0.2, 0.25) is 0 Å². The maximum atomic E-state index is 11.4. The molecule has 1 aliphatic heterocycles. The van der Waals surface area contributed by atoms with E-state index in [1.165, 1.54) is 0 Å². The quantitative estimate of drug-likeness (QED) is 0.617. The lowest BCUT2D eigenvalue weighted by Crippen LogP contribution is -2.19. The van der Waals surface area contributed by atoms with Crippen molar-refractivity contribution < 1.29 is 4.79 Å². The molecule has 1 aromatic rings. The Bertz CT molecular complexity index is 309. The Morgan fingerprint density at radius 1 is 1.33 bits per heavy atom. The lowest BCUT2D eigenvalue weighted by atomic mass is 10.1. The summed E-state index contributed by atoms with van der Waals surface area (Å²) < 4.78 is 0. The third-order valence-corrected chi connectivity index (χ3v) is 1.87. The minimum atomic E-state index is 0.166. The van der Waals surface area contributed by atoms with Crippen molar-refractivity contribution >= 4 is 11.5 Å². The van der Waals surface area contributed by atoms with Crippen LogP contribution in [0.4, 0.5) is 5.69 Å². The van der Waals surface area contributed by atoms with Crippen LogP contribution in [0, 0.1) is 0 Å². The van der Waals surface area contributed by atoms with Gasteiger partial charge in [0.25, 0.3) is 0 Å². The topological polar surface area (TPSA) is 43.2 Å². The Kier molecular flexibility index (Phi) is 1.80. The Labute approximate surface area is 70.8 Å². The Morgan fingerprint density at radius 3 is 3.08 bits per heavy atom. The highest BCUT2D eigenvalue weighted by atomic mass is 16.1. The number of carbonyl (C=O) groups is 1. The molecule has 3 heteroatoms. The van der Waals surface area contributed by atoms with Gasteiger partial charge in [-0.1, -0.05) is 12.1 Å². The van der Waals surface area contributed by atoms with Crippen molar-refractivity contribution in [1.82, 2.24) is 10.9 Å². The van der Waals surface area contributed by atoms with Crippen LogP contribution in [-0.4, -0.2) is 12.3 Å². The van der Waals surface area contributed by atoms with E-state index in [2.05, 4.69) is 10.9 Å². The molecule has 1 N–H and O–H groups in total. The molecule has 1 heterocycles. The standard InChI is InChI=1S/C9H9N2O/c12-9-5-6-10-11-8-4-2-1-3-7(8)9/h1-4,10H,5-6H2. The fraction of sp³-hybridized carbons (Fsp3) is 0.222. The molecule has 1 aliphatic rings. The summed E-state index contributed by atoms with van der Waals surface area (Å²) in [5.74, 6) is 0.166. The van der Waals surface area contributed by atoms with Gasteiger partial charge >= 0.3 is 0 Å². The minimum absolute atomic E-state index is 0.166. The molecule has 0 saturated carbocycles. The highest BCUT2D eigenvalue weighted by molar-refractivity contribution is 6.00. The van der Waals surface area contributed by atoms with E-state index >= 15 is 0 Å². The molecule has 3 nitrogen and oxygen atoms in total. The highest BCUT2D eigenvalue weighted by Crippen LogP contribution is 2.17. The van der Waals surface area contributed by atoms with Crippen LogP contribution in [0.5, 0.6) is 0 Å². The zero-order chi connectivity index (χ0) is 8.39. The largest absolute Gasteiger partial charge is 0.294 e. The molecule has 0 aliphatic carbocycles. The normalized spacial score (nSPS) is 16.2. The van der Waals surface area contributed by atoms with Crippen LogP contribution in [0.15, 0.2) is 24.3 Å². The molecule has 0 amide bonds. The van der Waals surface area contributed by atoms with E-state index in [0.29, 0.717) is 13.0 Å². The van der Waals surface area contributed by atoms with Gasteiger partial charge < -0.3 is 0 Å². The number of ketones is 1. The van der Waals surface area contributed by atoms with Gasteiger partial charge in [-0.3, -0.25) is 4.79 Å². The number of carbonyl (C=O) groups excluding carboxylic acids is 1. The van der Waals surface area contributed by atoms with E-state index in [9.17, 15) is 4.79 Å². The Balaban J connectivity index is 2.46. The third-order valence-electron chi connectivity index (χ3n) is 1.87. The number of hydrogen-bond acceptors (Lipinski definition) is 2. The summed E-state index contributed by atoms with van der Waals surface area (Å²) in [5, 5.41) is 0. The van der Waals surface area contributed by atoms with Crippen LogP contribution < -0.4 is 10.9 Å². The number of nitrogens with one attached hydrogen (secondary N) is 1. The van der Waals surface area contributed by atoms with Gasteiger partial charge in [-0.15, -0.1) is 0 Å². The molecule has 0 fully saturated rings. The molecule has 1 aromatic carbocycles. The van der Waals surface area contributed by atoms with Gasteiger partial charge in [-0.25, -0.2) is 10.9 Å². The summed E-state index contributed by atoms with van der Waals surface area (Å²) in [6, 6.07) is 7.39. The predicted octanol–water partition coefficient (Wildman–Crippen LogP) is 1.01. The zero-order valence-electron chi connectivity index (χ0n) is 6.58. The number of benzene rings is 1. The molecule has 0 atom stereocenters. The fourth-order valence-corrected chi connectivity index (χ4v) is 1.25.